The van der Waals surface area contributed by atoms with Crippen LogP contribution in [0.25, 0.3) is 0 Å². The summed E-state index contributed by atoms with van der Waals surface area (Å²) < 4.78 is 24.5. The molecule has 1 radical (unpaired) electrons. The monoisotopic (exact) mass is 190 g/mol. The first-order valence-corrected chi connectivity index (χ1v) is 4.58. The van der Waals surface area contributed by atoms with E-state index in [0.29, 0.717) is 0 Å². The third kappa shape index (κ3) is 1.92. The van der Waals surface area contributed by atoms with Gasteiger partial charge in [0.05, 0.1) is 4.90 Å². The molecule has 3 nitrogen and oxygen atoms in total. The number of nitrogens with zero attached hydrogens (tertiary/aromatic N) is 1. The van der Waals surface area contributed by atoms with Gasteiger partial charge in [-0.2, -0.15) is 0 Å². The molecule has 0 aliphatic carbocycles. The zero-order valence-electron chi connectivity index (χ0n) is 5.44. The summed E-state index contributed by atoms with van der Waals surface area (Å²) in [6.45, 7) is 0. The molecule has 1 aromatic rings. The van der Waals surface area contributed by atoms with Crippen molar-refractivity contribution in [3.8, 4) is 0 Å². The van der Waals surface area contributed by atoms with E-state index < -0.39 is 10.0 Å². The second-order valence-corrected chi connectivity index (χ2v) is 3.83. The Labute approximate surface area is 70.2 Å². The first-order chi connectivity index (χ1) is 5.17. The Morgan fingerprint density at radius 1 is 1.18 bits per heavy atom. The van der Waals surface area contributed by atoms with Crippen LogP contribution in [0, 0.1) is 0 Å². The van der Waals surface area contributed by atoms with Crippen molar-refractivity contribution in [3.05, 3.63) is 30.3 Å². The van der Waals surface area contributed by atoms with Gasteiger partial charge >= 0.3 is 0 Å². The summed E-state index contributed by atoms with van der Waals surface area (Å²) in [4.78, 5) is 0.106. The minimum atomic E-state index is -3.61. The number of hydrogen-bond donors (Lipinski definition) is 0. The molecule has 0 amide bonds. The summed E-state index contributed by atoms with van der Waals surface area (Å²) in [5, 5.41) is 0. The predicted molar refractivity (Wildman–Crippen MR) is 41.6 cm³/mol. The maximum Gasteiger partial charge on any atom is 0.272 e. The minimum absolute atomic E-state index is 0.106. The lowest BCUT2D eigenvalue weighted by atomic mass is 10.4. The number of sulfonamides is 1. The predicted octanol–water partition coefficient (Wildman–Crippen LogP) is 1.13. The minimum Gasteiger partial charge on any atom is -0.204 e. The van der Waals surface area contributed by atoms with Crippen LogP contribution in [-0.2, 0) is 10.0 Å². The van der Waals surface area contributed by atoms with Gasteiger partial charge in [0.1, 0.15) is 0 Å². The van der Waals surface area contributed by atoms with Crippen molar-refractivity contribution in [3.63, 3.8) is 0 Å². The quantitative estimate of drug-likeness (QED) is 0.702. The van der Waals surface area contributed by atoms with E-state index in [4.69, 9.17) is 11.8 Å². The molecule has 0 heterocycles. The van der Waals surface area contributed by atoms with E-state index in [-0.39, 0.29) is 4.90 Å². The van der Waals surface area contributed by atoms with Crippen molar-refractivity contribution in [1.82, 2.24) is 4.24 Å². The number of benzene rings is 1. The number of hydrogen-bond acceptors (Lipinski definition) is 2. The number of rotatable bonds is 2. The Morgan fingerprint density at radius 3 is 2.18 bits per heavy atom. The molecule has 0 saturated heterocycles. The molecule has 0 aromatic heterocycles. The molecule has 11 heavy (non-hydrogen) atoms. The summed E-state index contributed by atoms with van der Waals surface area (Å²) in [7, 11) is -3.61. The highest BCUT2D eigenvalue weighted by molar-refractivity contribution is 7.90. The van der Waals surface area contributed by atoms with Crippen molar-refractivity contribution in [2.24, 2.45) is 0 Å². The molecule has 0 N–H and O–H groups in total. The summed E-state index contributed by atoms with van der Waals surface area (Å²) in [5.74, 6) is 0. The molecule has 0 saturated carbocycles. The Kier molecular flexibility index (Phi) is 2.49. The topological polar surface area (TPSA) is 48.2 Å². The maximum atomic E-state index is 10.9. The summed E-state index contributed by atoms with van der Waals surface area (Å²) in [6.07, 6.45) is 0. The fourth-order valence-electron chi connectivity index (χ4n) is 0.632. The molecule has 1 rings (SSSR count). The van der Waals surface area contributed by atoms with E-state index >= 15 is 0 Å². The van der Waals surface area contributed by atoms with Gasteiger partial charge in [0.2, 0.25) is 0 Å². The van der Waals surface area contributed by atoms with E-state index in [1.54, 1.807) is 18.2 Å². The molecule has 0 spiro atoms. The van der Waals surface area contributed by atoms with Crippen LogP contribution in [0.2, 0.25) is 0 Å². The maximum absolute atomic E-state index is 10.9. The van der Waals surface area contributed by atoms with E-state index in [0.717, 1.165) is 0 Å². The van der Waals surface area contributed by atoms with Crippen LogP contribution in [0.3, 0.4) is 0 Å². The van der Waals surface area contributed by atoms with Gasteiger partial charge in [0.15, 0.2) is 0 Å². The van der Waals surface area contributed by atoms with Crippen molar-refractivity contribution >= 4 is 21.8 Å². The van der Waals surface area contributed by atoms with Gasteiger partial charge in [-0.05, 0) is 16.4 Å². The van der Waals surface area contributed by atoms with Crippen LogP contribution in [0.1, 0.15) is 0 Å². The van der Waals surface area contributed by atoms with Crippen LogP contribution in [0.4, 0.5) is 0 Å². The lowest BCUT2D eigenvalue weighted by Gasteiger charge is -1.95. The summed E-state index contributed by atoms with van der Waals surface area (Å²) in [5.41, 5.74) is 0. The summed E-state index contributed by atoms with van der Waals surface area (Å²) in [6, 6.07) is 7.79. The molecule has 0 fully saturated rings. The van der Waals surface area contributed by atoms with Crippen LogP contribution in [-0.4, -0.2) is 8.42 Å². The van der Waals surface area contributed by atoms with Crippen LogP contribution >= 0.6 is 11.8 Å². The van der Waals surface area contributed by atoms with Crippen LogP contribution in [0.15, 0.2) is 35.2 Å². The van der Waals surface area contributed by atoms with Gasteiger partial charge in [-0.25, -0.2) is 8.42 Å². The molecular formula is C6H5ClNO2S. The lowest BCUT2D eigenvalue weighted by Crippen LogP contribution is -2.06. The molecule has 5 heteroatoms. The van der Waals surface area contributed by atoms with Crippen molar-refractivity contribution in [2.45, 2.75) is 4.90 Å². The van der Waals surface area contributed by atoms with Crippen LogP contribution in [0.5, 0.6) is 0 Å². The smallest absolute Gasteiger partial charge is 0.204 e. The molecule has 1 aromatic carbocycles. The highest BCUT2D eigenvalue weighted by Crippen LogP contribution is 2.08. The zero-order valence-corrected chi connectivity index (χ0v) is 7.01. The Bertz CT molecular complexity index is 322. The summed E-state index contributed by atoms with van der Waals surface area (Å²) >= 11 is 4.86. The first kappa shape index (κ1) is 8.52. The normalized spacial score (nSPS) is 11.4. The Hall–Kier alpha value is -0.580. The molecule has 0 atom stereocenters. The molecule has 0 aliphatic rings. The first-order valence-electron chi connectivity index (χ1n) is 2.80. The standard InChI is InChI=1S/C6H5ClNO2S/c7-8-11(9,10)6-4-2-1-3-5-6/h1-5H. The number of halogens is 1. The molecule has 0 bridgehead atoms. The van der Waals surface area contributed by atoms with Crippen molar-refractivity contribution in [1.29, 1.82) is 0 Å². The van der Waals surface area contributed by atoms with Crippen LogP contribution < -0.4 is 4.24 Å². The molecule has 59 valence electrons. The van der Waals surface area contributed by atoms with Crippen molar-refractivity contribution < 1.29 is 8.42 Å². The Balaban J connectivity index is 3.14. The zero-order chi connectivity index (χ0) is 8.32. The molecule has 0 aliphatic heterocycles. The van der Waals surface area contributed by atoms with Gasteiger partial charge in [0.25, 0.3) is 10.0 Å². The van der Waals surface area contributed by atoms with Gasteiger partial charge in [0, 0.05) is 11.8 Å². The van der Waals surface area contributed by atoms with E-state index in [1.165, 1.54) is 12.1 Å². The fourth-order valence-corrected chi connectivity index (χ4v) is 1.45. The van der Waals surface area contributed by atoms with Gasteiger partial charge < -0.3 is 0 Å². The third-order valence-electron chi connectivity index (χ3n) is 1.13. The molecular weight excluding hydrogens is 186 g/mol. The van der Waals surface area contributed by atoms with Gasteiger partial charge in [-0.3, -0.25) is 0 Å². The highest BCUT2D eigenvalue weighted by Gasteiger charge is 2.12. The van der Waals surface area contributed by atoms with E-state index in [1.807, 2.05) is 0 Å². The third-order valence-corrected chi connectivity index (χ3v) is 2.73. The Morgan fingerprint density at radius 2 is 1.73 bits per heavy atom. The fraction of sp³-hybridized carbons (Fsp3) is 0. The molecule has 0 unspecified atom stereocenters. The van der Waals surface area contributed by atoms with E-state index in [9.17, 15) is 8.42 Å². The lowest BCUT2D eigenvalue weighted by molar-refractivity contribution is 0.593. The van der Waals surface area contributed by atoms with E-state index in [2.05, 4.69) is 4.24 Å². The van der Waals surface area contributed by atoms with Gasteiger partial charge in [-0.1, -0.05) is 18.2 Å². The van der Waals surface area contributed by atoms with Gasteiger partial charge in [-0.15, -0.1) is 0 Å². The average molecular weight is 191 g/mol. The largest absolute Gasteiger partial charge is 0.272 e. The SMILES string of the molecule is O=S(=O)([N]Cl)c1ccccc1. The highest BCUT2D eigenvalue weighted by atomic mass is 35.5. The second kappa shape index (κ2) is 3.21. The average Bonchev–Trinajstić information content (AvgIpc) is 2.06. The van der Waals surface area contributed by atoms with Crippen molar-refractivity contribution in [2.75, 3.05) is 0 Å². The second-order valence-electron chi connectivity index (χ2n) is 1.86.